The molecule has 2 aliphatic rings. The van der Waals surface area contributed by atoms with E-state index in [1.54, 1.807) is 66.9 Å². The van der Waals surface area contributed by atoms with Gasteiger partial charge < -0.3 is 39.8 Å². The number of methoxy groups -OCH3 is 2. The van der Waals surface area contributed by atoms with Gasteiger partial charge in [0.15, 0.2) is 5.78 Å². The van der Waals surface area contributed by atoms with E-state index >= 15 is 0 Å². The van der Waals surface area contributed by atoms with E-state index in [0.717, 1.165) is 11.5 Å². The van der Waals surface area contributed by atoms with Gasteiger partial charge in [0.1, 0.15) is 5.78 Å². The summed E-state index contributed by atoms with van der Waals surface area (Å²) in [4.78, 5) is 99.4. The maximum absolute atomic E-state index is 14.4. The minimum Gasteiger partial charge on any atom is -0.481 e. The zero-order chi connectivity index (χ0) is 51.5. The van der Waals surface area contributed by atoms with Crippen molar-refractivity contribution in [2.45, 2.75) is 130 Å². The zero-order valence-electron chi connectivity index (χ0n) is 43.1. The fourth-order valence-corrected chi connectivity index (χ4v) is 11.7. The summed E-state index contributed by atoms with van der Waals surface area (Å²) in [5.41, 5.74) is 1.21. The van der Waals surface area contributed by atoms with Crippen LogP contribution in [-0.2, 0) is 54.2 Å². The van der Waals surface area contributed by atoms with Crippen molar-refractivity contribution in [1.82, 2.24) is 20.0 Å². The predicted octanol–water partition coefficient (Wildman–Crippen LogP) is 6.37. The summed E-state index contributed by atoms with van der Waals surface area (Å²) < 4.78 is 17.5. The zero-order valence-corrected chi connectivity index (χ0v) is 44.8. The third-order valence-electron chi connectivity index (χ3n) is 13.6. The Morgan fingerprint density at radius 2 is 1.57 bits per heavy atom. The molecule has 3 N–H and O–H groups in total. The molecule has 3 rings (SSSR count). The summed E-state index contributed by atoms with van der Waals surface area (Å²) in [5.74, 6) is -4.48. The Labute approximate surface area is 419 Å². The van der Waals surface area contributed by atoms with Crippen molar-refractivity contribution >= 4 is 70.4 Å². The van der Waals surface area contributed by atoms with Crippen LogP contribution < -0.4 is 10.6 Å². The summed E-state index contributed by atoms with van der Waals surface area (Å²) >= 11 is 3.07. The molecule has 2 unspecified atom stereocenters. The van der Waals surface area contributed by atoms with Gasteiger partial charge in [-0.25, -0.2) is 0 Å². The number of carboxylic acid groups (broad SMARTS) is 1. The lowest BCUT2D eigenvalue weighted by molar-refractivity contribution is -0.149. The second-order valence-corrected chi connectivity index (χ2v) is 21.7. The van der Waals surface area contributed by atoms with E-state index in [1.165, 1.54) is 18.9 Å². The Morgan fingerprint density at radius 1 is 0.884 bits per heavy atom. The molecule has 388 valence electrons. The van der Waals surface area contributed by atoms with Crippen molar-refractivity contribution < 1.29 is 52.9 Å². The number of amides is 4. The molecule has 0 bridgehead atoms. The number of thioether (sulfide) groups is 2. The summed E-state index contributed by atoms with van der Waals surface area (Å²) in [7, 11) is 8.55. The highest BCUT2D eigenvalue weighted by molar-refractivity contribution is 8.22. The molecular formula is C51H81N5O11S2. The summed E-state index contributed by atoms with van der Waals surface area (Å²) in [6.07, 6.45) is 0.698. The van der Waals surface area contributed by atoms with Crippen molar-refractivity contribution in [3.63, 3.8) is 0 Å². The fourth-order valence-electron chi connectivity index (χ4n) is 9.66. The Kier molecular flexibility index (Phi) is 25.4. The lowest BCUT2D eigenvalue weighted by atomic mass is 9.83. The molecule has 0 aromatic heterocycles. The molecule has 1 saturated heterocycles. The molecule has 69 heavy (non-hydrogen) atoms. The van der Waals surface area contributed by atoms with Crippen LogP contribution in [0.2, 0.25) is 0 Å². The van der Waals surface area contributed by atoms with Crippen LogP contribution in [0.1, 0.15) is 99.0 Å². The molecule has 9 atom stereocenters. The number of carbonyl (C=O) groups excluding carboxylic acids is 6. The first-order chi connectivity index (χ1) is 32.7. The Hall–Kier alpha value is -3.81. The maximum atomic E-state index is 14.4. The number of carbonyl (C=O) groups is 7. The number of hydrogen-bond donors (Lipinski definition) is 3. The van der Waals surface area contributed by atoms with Crippen LogP contribution in [0, 0.1) is 35.5 Å². The smallest absolute Gasteiger partial charge is 0.307 e. The number of nitrogens with one attached hydrogen (secondary N) is 2. The van der Waals surface area contributed by atoms with E-state index in [-0.39, 0.29) is 104 Å². The van der Waals surface area contributed by atoms with Gasteiger partial charge in [-0.3, -0.25) is 38.5 Å². The van der Waals surface area contributed by atoms with Crippen LogP contribution in [0.5, 0.6) is 0 Å². The number of likely N-dealkylation sites (tertiary alicyclic amines) is 1. The highest BCUT2D eigenvalue weighted by Gasteiger charge is 2.43. The second-order valence-electron chi connectivity index (χ2n) is 19.4. The largest absolute Gasteiger partial charge is 0.481 e. The van der Waals surface area contributed by atoms with Crippen LogP contribution in [0.25, 0.3) is 0 Å². The molecule has 0 radical (unpaired) electrons. The second kappa shape index (κ2) is 29.5. The van der Waals surface area contributed by atoms with Crippen molar-refractivity contribution in [2.75, 3.05) is 72.1 Å². The molecule has 2 aliphatic heterocycles. The molecule has 0 spiro atoms. The molecule has 0 aliphatic carbocycles. The molecule has 16 nitrogen and oxygen atoms in total. The molecule has 1 aromatic carbocycles. The number of rotatable bonds is 31. The van der Waals surface area contributed by atoms with Crippen molar-refractivity contribution in [3.05, 3.63) is 40.1 Å². The molecule has 1 fully saturated rings. The van der Waals surface area contributed by atoms with Gasteiger partial charge in [-0.1, -0.05) is 67.0 Å². The van der Waals surface area contributed by atoms with Crippen LogP contribution in [0.4, 0.5) is 5.69 Å². The van der Waals surface area contributed by atoms with Gasteiger partial charge in [0.2, 0.25) is 17.7 Å². The summed E-state index contributed by atoms with van der Waals surface area (Å²) in [6.45, 7) is 14.9. The highest BCUT2D eigenvalue weighted by atomic mass is 32.2. The van der Waals surface area contributed by atoms with Gasteiger partial charge in [-0.15, -0.1) is 23.5 Å². The Balaban J connectivity index is 1.62. The van der Waals surface area contributed by atoms with Gasteiger partial charge in [-0.05, 0) is 74.2 Å². The lowest BCUT2D eigenvalue weighted by Crippen LogP contribution is -2.54. The average Bonchev–Trinajstić information content (AvgIpc) is 4.03. The first-order valence-corrected chi connectivity index (χ1v) is 26.5. The Morgan fingerprint density at radius 3 is 2.12 bits per heavy atom. The highest BCUT2D eigenvalue weighted by Crippen LogP contribution is 2.33. The molecule has 18 heteroatoms. The van der Waals surface area contributed by atoms with Gasteiger partial charge in [0, 0.05) is 69.8 Å². The van der Waals surface area contributed by atoms with Gasteiger partial charge in [0.05, 0.1) is 67.2 Å². The maximum Gasteiger partial charge on any atom is 0.307 e. The first kappa shape index (κ1) is 59.5. The first-order valence-electron chi connectivity index (χ1n) is 24.4. The number of carboxylic acids is 1. The number of hydrogen-bond acceptors (Lipinski definition) is 13. The van der Waals surface area contributed by atoms with Gasteiger partial charge >= 0.3 is 5.97 Å². The third kappa shape index (κ3) is 17.8. The number of ether oxygens (including phenoxy) is 3. The number of ketones is 2. The van der Waals surface area contributed by atoms with E-state index in [2.05, 4.69) is 10.6 Å². The number of anilines is 1. The molecule has 4 amide bonds. The standard InChI is InChI=1S/C51H81N5O11S2/c1-13-33(6)47(55(10)50(62)38(31(2)3)27-41(58)46(32(4)5)54(8)9)42(65-11)28-45(60)56-22-14-15-39(56)48(66-12)34(7)40(57)26-36(51(63)64)25-35-16-18-37(19-17-35)53-44(59)20-23-67-24-21-52-49(61)43-29-68-30-69-43/h16-19,29,31-34,36,38-39,42,46-48H,13-15,20-28,30H2,1-12H3,(H,52,61)(H,53,59)(H,63,64)/t33?,34-,36+,38-,39-,42?,46-,47-,48+/m0/s1. The van der Waals surface area contributed by atoms with Crippen molar-refractivity contribution in [2.24, 2.45) is 35.5 Å². The monoisotopic (exact) mass is 1000 g/mol. The average molecular weight is 1000 g/mol. The minimum atomic E-state index is -1.11. The summed E-state index contributed by atoms with van der Waals surface area (Å²) in [5, 5.41) is 18.5. The van der Waals surface area contributed by atoms with Crippen molar-refractivity contribution in [1.29, 1.82) is 0 Å². The molecule has 0 saturated carbocycles. The lowest BCUT2D eigenvalue weighted by Gasteiger charge is -2.41. The van der Waals surface area contributed by atoms with E-state index in [9.17, 15) is 38.7 Å². The van der Waals surface area contributed by atoms with E-state index in [4.69, 9.17) is 14.2 Å². The quantitative estimate of drug-likeness (QED) is 0.0694. The van der Waals surface area contributed by atoms with Gasteiger partial charge in [0.25, 0.3) is 5.91 Å². The van der Waals surface area contributed by atoms with Crippen LogP contribution >= 0.6 is 23.5 Å². The number of benzene rings is 1. The van der Waals surface area contributed by atoms with Crippen LogP contribution in [0.15, 0.2) is 34.6 Å². The van der Waals surface area contributed by atoms with Crippen molar-refractivity contribution in [3.8, 4) is 0 Å². The van der Waals surface area contributed by atoms with E-state index in [1.807, 2.05) is 65.9 Å². The van der Waals surface area contributed by atoms with Crippen LogP contribution in [0.3, 0.4) is 0 Å². The number of aliphatic carboxylic acids is 1. The van der Waals surface area contributed by atoms with E-state index in [0.29, 0.717) is 42.1 Å². The van der Waals surface area contributed by atoms with E-state index < -0.39 is 48.0 Å². The number of nitrogens with zero attached hydrogens (tertiary/aromatic N) is 3. The third-order valence-corrected chi connectivity index (χ3v) is 15.8. The summed E-state index contributed by atoms with van der Waals surface area (Å²) in [6, 6.07) is 5.59. The molecular weight excluding hydrogens is 923 g/mol. The number of likely N-dealkylation sites (N-methyl/N-ethyl adjacent to an activating group) is 2. The van der Waals surface area contributed by atoms with Gasteiger partial charge in [-0.2, -0.15) is 0 Å². The number of Topliss-reactive ketones (excluding diaryl/α,β-unsaturated/α-hetero) is 2. The SMILES string of the molecule is CCC(C)[C@@H](C(CC(=O)N1CCC[C@H]1[C@H](OC)[C@@H](C)C(=O)C[C@@H](Cc1ccc(NC(=O)CCOCCNC(=O)C2=CSCS2)cc1)C(=O)O)OC)N(C)C(=O)[C@@H](CC(=O)[C@H](C(C)C)N(C)C)C(C)C. The normalized spacial score (nSPS) is 18.5. The van der Waals surface area contributed by atoms with Crippen LogP contribution in [-0.4, -0.2) is 158 Å². The predicted molar refractivity (Wildman–Crippen MR) is 272 cm³/mol. The molecule has 2 heterocycles. The fraction of sp³-hybridized carbons (Fsp3) is 0.706. The Bertz CT molecular complexity index is 1890. The topological polar surface area (TPSA) is 201 Å². The minimum absolute atomic E-state index is 0.0163. The molecule has 1 aromatic rings.